The Hall–Kier alpha value is -2.36. The quantitative estimate of drug-likeness (QED) is 0.861. The zero-order chi connectivity index (χ0) is 13.0. The first kappa shape index (κ1) is 12.1. The molecule has 0 aliphatic carbocycles. The number of benzene rings is 1. The number of nitrogens with one attached hydrogen (secondary N) is 1. The van der Waals surface area contributed by atoms with Gasteiger partial charge in [0, 0.05) is 17.8 Å². The number of anilines is 1. The summed E-state index contributed by atoms with van der Waals surface area (Å²) in [5.41, 5.74) is 8.70. The lowest BCUT2D eigenvalue weighted by atomic mass is 10.1. The fourth-order valence-electron chi connectivity index (χ4n) is 1.61. The highest BCUT2D eigenvalue weighted by atomic mass is 16.1. The van der Waals surface area contributed by atoms with Crippen LogP contribution in [0.3, 0.4) is 0 Å². The van der Waals surface area contributed by atoms with E-state index >= 15 is 0 Å². The summed E-state index contributed by atoms with van der Waals surface area (Å²) in [6, 6.07) is 11.2. The number of hydrogen-bond acceptors (Lipinski definition) is 3. The van der Waals surface area contributed by atoms with Gasteiger partial charge in [0.2, 0.25) is 5.91 Å². The van der Waals surface area contributed by atoms with Gasteiger partial charge in [0.25, 0.3) is 0 Å². The van der Waals surface area contributed by atoms with Gasteiger partial charge >= 0.3 is 0 Å². The lowest BCUT2D eigenvalue weighted by molar-refractivity contribution is 0.1000. The average molecular weight is 241 g/mol. The molecule has 0 aliphatic rings. The first-order valence-corrected chi connectivity index (χ1v) is 5.70. The molecule has 2 aromatic rings. The largest absolute Gasteiger partial charge is 0.380 e. The molecule has 3 N–H and O–H groups in total. The van der Waals surface area contributed by atoms with E-state index in [2.05, 4.69) is 10.3 Å². The second-order valence-corrected chi connectivity index (χ2v) is 4.11. The minimum absolute atomic E-state index is 0.408. The van der Waals surface area contributed by atoms with Gasteiger partial charge < -0.3 is 11.1 Å². The van der Waals surface area contributed by atoms with Gasteiger partial charge in [0.15, 0.2) is 0 Å². The van der Waals surface area contributed by atoms with Gasteiger partial charge in [-0.1, -0.05) is 12.1 Å². The molecule has 1 amide bonds. The Labute approximate surface area is 106 Å². The number of hydrogen-bond donors (Lipinski definition) is 2. The van der Waals surface area contributed by atoms with E-state index in [1.807, 2.05) is 31.2 Å². The summed E-state index contributed by atoms with van der Waals surface area (Å²) in [4.78, 5) is 15.3. The van der Waals surface area contributed by atoms with E-state index in [-0.39, 0.29) is 0 Å². The van der Waals surface area contributed by atoms with Gasteiger partial charge in [0.05, 0.1) is 11.9 Å². The molecular weight excluding hydrogens is 226 g/mol. The number of nitrogens with two attached hydrogens (primary N) is 1. The number of amides is 1. The van der Waals surface area contributed by atoms with Crippen LogP contribution in [0.5, 0.6) is 0 Å². The summed E-state index contributed by atoms with van der Waals surface area (Å²) in [5, 5.41) is 3.24. The lowest BCUT2D eigenvalue weighted by Gasteiger charge is -2.07. The number of rotatable bonds is 4. The predicted octanol–water partition coefficient (Wildman–Crippen LogP) is 2.10. The van der Waals surface area contributed by atoms with Crippen molar-refractivity contribution >= 4 is 11.6 Å². The first-order chi connectivity index (χ1) is 8.65. The van der Waals surface area contributed by atoms with Gasteiger partial charge in [-0.2, -0.15) is 0 Å². The number of nitrogens with zero attached hydrogens (tertiary/aromatic N) is 1. The van der Waals surface area contributed by atoms with E-state index in [4.69, 9.17) is 5.73 Å². The molecule has 18 heavy (non-hydrogen) atoms. The van der Waals surface area contributed by atoms with Gasteiger partial charge in [-0.05, 0) is 36.8 Å². The maximum Gasteiger partial charge on any atom is 0.248 e. The molecule has 0 bridgehead atoms. The minimum atomic E-state index is -0.408. The van der Waals surface area contributed by atoms with E-state index in [1.54, 1.807) is 18.3 Å². The highest BCUT2D eigenvalue weighted by molar-refractivity contribution is 5.92. The molecular formula is C14H15N3O. The van der Waals surface area contributed by atoms with Crippen LogP contribution in [0.2, 0.25) is 0 Å². The Bertz CT molecular complexity index is 549. The molecule has 0 radical (unpaired) electrons. The van der Waals surface area contributed by atoms with E-state index in [1.165, 1.54) is 0 Å². The zero-order valence-corrected chi connectivity index (χ0v) is 10.2. The van der Waals surface area contributed by atoms with Crippen molar-refractivity contribution in [1.82, 2.24) is 4.98 Å². The third-order valence-corrected chi connectivity index (χ3v) is 2.62. The summed E-state index contributed by atoms with van der Waals surface area (Å²) >= 11 is 0. The van der Waals surface area contributed by atoms with E-state index in [0.29, 0.717) is 12.1 Å². The van der Waals surface area contributed by atoms with Crippen LogP contribution in [0.15, 0.2) is 42.6 Å². The van der Waals surface area contributed by atoms with Crippen molar-refractivity contribution in [3.05, 3.63) is 59.4 Å². The SMILES string of the molecule is Cc1ccc(NCc2cccc(C(N)=O)c2)cn1. The number of pyridine rings is 1. The molecule has 0 spiro atoms. The number of primary amides is 1. The van der Waals surface area contributed by atoms with Crippen LogP contribution < -0.4 is 11.1 Å². The summed E-state index contributed by atoms with van der Waals surface area (Å²) < 4.78 is 0. The monoisotopic (exact) mass is 241 g/mol. The molecule has 1 aromatic heterocycles. The third-order valence-electron chi connectivity index (χ3n) is 2.62. The second kappa shape index (κ2) is 5.31. The predicted molar refractivity (Wildman–Crippen MR) is 71.3 cm³/mol. The molecule has 4 heteroatoms. The molecule has 1 aromatic carbocycles. The molecule has 0 atom stereocenters. The van der Waals surface area contributed by atoms with E-state index < -0.39 is 5.91 Å². The zero-order valence-electron chi connectivity index (χ0n) is 10.2. The Morgan fingerprint density at radius 3 is 2.83 bits per heavy atom. The Kier molecular flexibility index (Phi) is 3.57. The number of aryl methyl sites for hydroxylation is 1. The van der Waals surface area contributed by atoms with Crippen molar-refractivity contribution in [2.75, 3.05) is 5.32 Å². The van der Waals surface area contributed by atoms with Gasteiger partial charge in [-0.15, -0.1) is 0 Å². The van der Waals surface area contributed by atoms with Crippen LogP contribution in [0.4, 0.5) is 5.69 Å². The number of aromatic nitrogens is 1. The van der Waals surface area contributed by atoms with Crippen LogP contribution in [0.1, 0.15) is 21.6 Å². The van der Waals surface area contributed by atoms with Gasteiger partial charge in [-0.25, -0.2) is 0 Å². The molecule has 92 valence electrons. The standard InChI is InChI=1S/C14H15N3O/c1-10-5-6-13(9-16-10)17-8-11-3-2-4-12(7-11)14(15)18/h2-7,9,17H,8H2,1H3,(H2,15,18). The van der Waals surface area contributed by atoms with Gasteiger partial charge in [0.1, 0.15) is 0 Å². The topological polar surface area (TPSA) is 68.0 Å². The van der Waals surface area contributed by atoms with Crippen molar-refractivity contribution in [2.45, 2.75) is 13.5 Å². The van der Waals surface area contributed by atoms with E-state index in [0.717, 1.165) is 16.9 Å². The summed E-state index contributed by atoms with van der Waals surface area (Å²) in [7, 11) is 0. The van der Waals surface area contributed by atoms with Crippen molar-refractivity contribution in [3.63, 3.8) is 0 Å². The van der Waals surface area contributed by atoms with Crippen molar-refractivity contribution in [1.29, 1.82) is 0 Å². The van der Waals surface area contributed by atoms with Crippen LogP contribution >= 0.6 is 0 Å². The molecule has 4 nitrogen and oxygen atoms in total. The molecule has 0 fully saturated rings. The summed E-state index contributed by atoms with van der Waals surface area (Å²) in [6.45, 7) is 2.58. The Morgan fingerprint density at radius 1 is 1.33 bits per heavy atom. The normalized spacial score (nSPS) is 10.1. The molecule has 0 aliphatic heterocycles. The van der Waals surface area contributed by atoms with Crippen LogP contribution in [-0.2, 0) is 6.54 Å². The van der Waals surface area contributed by atoms with E-state index in [9.17, 15) is 4.79 Å². The molecule has 2 rings (SSSR count). The number of carbonyl (C=O) groups excluding carboxylic acids is 1. The van der Waals surface area contributed by atoms with Crippen LogP contribution in [-0.4, -0.2) is 10.9 Å². The summed E-state index contributed by atoms with van der Waals surface area (Å²) in [5.74, 6) is -0.408. The lowest BCUT2D eigenvalue weighted by Crippen LogP contribution is -2.11. The summed E-state index contributed by atoms with van der Waals surface area (Å²) in [6.07, 6.45) is 1.78. The maximum atomic E-state index is 11.1. The number of carbonyl (C=O) groups is 1. The minimum Gasteiger partial charge on any atom is -0.380 e. The highest BCUT2D eigenvalue weighted by Gasteiger charge is 2.01. The molecule has 0 saturated carbocycles. The second-order valence-electron chi connectivity index (χ2n) is 4.11. The smallest absolute Gasteiger partial charge is 0.248 e. The van der Waals surface area contributed by atoms with Crippen LogP contribution in [0, 0.1) is 6.92 Å². The van der Waals surface area contributed by atoms with Crippen molar-refractivity contribution in [2.24, 2.45) is 5.73 Å². The Morgan fingerprint density at radius 2 is 2.17 bits per heavy atom. The van der Waals surface area contributed by atoms with Crippen molar-refractivity contribution < 1.29 is 4.79 Å². The highest BCUT2D eigenvalue weighted by Crippen LogP contribution is 2.10. The average Bonchev–Trinajstić information content (AvgIpc) is 2.38. The molecule has 1 heterocycles. The van der Waals surface area contributed by atoms with Crippen LogP contribution in [0.25, 0.3) is 0 Å². The Balaban J connectivity index is 2.04. The van der Waals surface area contributed by atoms with Crippen molar-refractivity contribution in [3.8, 4) is 0 Å². The molecule has 0 saturated heterocycles. The molecule has 0 unspecified atom stereocenters. The van der Waals surface area contributed by atoms with Gasteiger partial charge in [-0.3, -0.25) is 9.78 Å². The fourth-order valence-corrected chi connectivity index (χ4v) is 1.61. The first-order valence-electron chi connectivity index (χ1n) is 5.70. The maximum absolute atomic E-state index is 11.1. The third kappa shape index (κ3) is 3.07. The fraction of sp³-hybridized carbons (Fsp3) is 0.143.